The van der Waals surface area contributed by atoms with Crippen molar-refractivity contribution in [3.63, 3.8) is 0 Å². The minimum Gasteiger partial charge on any atom is -0.488 e. The van der Waals surface area contributed by atoms with E-state index in [-0.39, 0.29) is 12.2 Å². The Hall–Kier alpha value is -5.17. The average Bonchev–Trinajstić information content (AvgIpc) is 3.27. The van der Waals surface area contributed by atoms with Gasteiger partial charge in [0.05, 0.1) is 26.3 Å². The number of unbranched alkanes of at least 4 members (excludes halogenated alkanes) is 6. The van der Waals surface area contributed by atoms with Gasteiger partial charge in [-0.05, 0) is 96.7 Å². The summed E-state index contributed by atoms with van der Waals surface area (Å²) in [6, 6.07) is 48.2. The Labute approximate surface area is 354 Å². The highest BCUT2D eigenvalue weighted by Gasteiger charge is 2.23. The van der Waals surface area contributed by atoms with E-state index in [1.807, 2.05) is 42.5 Å². The molecule has 5 aromatic carbocycles. The molecule has 1 aliphatic heterocycles. The Balaban J connectivity index is 0.811. The summed E-state index contributed by atoms with van der Waals surface area (Å²) >= 11 is 0. The topological polar surface area (TPSA) is 50.8 Å². The highest BCUT2D eigenvalue weighted by Crippen LogP contribution is 2.35. The van der Waals surface area contributed by atoms with Gasteiger partial charge < -0.3 is 18.9 Å². The highest BCUT2D eigenvalue weighted by atomic mass is 16.6. The summed E-state index contributed by atoms with van der Waals surface area (Å²) in [7, 11) is 4.66. The second kappa shape index (κ2) is 22.8. The predicted molar refractivity (Wildman–Crippen MR) is 247 cm³/mol. The van der Waals surface area contributed by atoms with Crippen LogP contribution in [0.15, 0.2) is 140 Å². The Kier molecular flexibility index (Phi) is 16.8. The number of carbonyl (C=O) groups is 1. The third-order valence-electron chi connectivity index (χ3n) is 11.7. The fourth-order valence-corrected chi connectivity index (χ4v) is 8.29. The van der Waals surface area contributed by atoms with E-state index < -0.39 is 0 Å². The van der Waals surface area contributed by atoms with Gasteiger partial charge in [0, 0.05) is 18.7 Å². The van der Waals surface area contributed by atoms with Crippen molar-refractivity contribution >= 4 is 22.9 Å². The first-order valence-electron chi connectivity index (χ1n) is 22.1. The standard InChI is InChI=1S/C53H65N3O3/c1-4-49(43-23-13-10-14-24-43)52(45-27-17-12-18-28-45)46-31-33-47(34-32-46)58-42-41-56(2,3)40-22-9-7-5-6-8-21-37-55-38-35-48(36-39-55)59-53(57)54-51-30-20-19-29-50(51)44-25-15-11-16-26-44/h10-20,23-34,48H,4-9,21-22,35-42H2,1-3H3/p+1/b52-49-. The molecule has 0 saturated carbocycles. The van der Waals surface area contributed by atoms with E-state index in [0.717, 1.165) is 72.5 Å². The number of likely N-dealkylation sites (tertiary alicyclic amines) is 1. The fraction of sp³-hybridized carbons (Fsp3) is 0.377. The van der Waals surface area contributed by atoms with Crippen molar-refractivity contribution in [2.45, 2.75) is 77.2 Å². The lowest BCUT2D eigenvalue weighted by Gasteiger charge is -2.31. The van der Waals surface area contributed by atoms with Gasteiger partial charge in [-0.25, -0.2) is 4.79 Å². The molecule has 0 unspecified atom stereocenters. The summed E-state index contributed by atoms with van der Waals surface area (Å²) < 4.78 is 13.1. The first-order valence-corrected chi connectivity index (χ1v) is 22.1. The molecule has 0 radical (unpaired) electrons. The van der Waals surface area contributed by atoms with Gasteiger partial charge in [-0.3, -0.25) is 5.32 Å². The van der Waals surface area contributed by atoms with Crippen molar-refractivity contribution in [3.8, 4) is 16.9 Å². The molecule has 1 aliphatic rings. The summed E-state index contributed by atoms with van der Waals surface area (Å²) in [6.07, 6.45) is 11.4. The smallest absolute Gasteiger partial charge is 0.411 e. The quantitative estimate of drug-likeness (QED) is 0.0457. The predicted octanol–water partition coefficient (Wildman–Crippen LogP) is 12.6. The summed E-state index contributed by atoms with van der Waals surface area (Å²) in [5, 5.41) is 2.99. The largest absolute Gasteiger partial charge is 0.488 e. The summed E-state index contributed by atoms with van der Waals surface area (Å²) in [4.78, 5) is 15.3. The molecule has 1 saturated heterocycles. The van der Waals surface area contributed by atoms with Gasteiger partial charge in [0.15, 0.2) is 0 Å². The number of hydrogen-bond acceptors (Lipinski definition) is 4. The molecule has 1 N–H and O–H groups in total. The van der Waals surface area contributed by atoms with Crippen LogP contribution in [0, 0.1) is 0 Å². The molecule has 310 valence electrons. The van der Waals surface area contributed by atoms with Crippen molar-refractivity contribution in [1.82, 2.24) is 4.90 Å². The van der Waals surface area contributed by atoms with Crippen molar-refractivity contribution < 1.29 is 18.8 Å². The number of quaternary nitrogens is 1. The number of likely N-dealkylation sites (N-methyl/N-ethyl adjacent to an activating group) is 1. The number of para-hydroxylation sites is 1. The summed E-state index contributed by atoms with van der Waals surface area (Å²) in [5.41, 5.74) is 9.21. The van der Waals surface area contributed by atoms with Crippen LogP contribution in [0.4, 0.5) is 10.5 Å². The van der Waals surface area contributed by atoms with Gasteiger partial charge in [0.25, 0.3) is 0 Å². The third-order valence-corrected chi connectivity index (χ3v) is 11.7. The molecule has 1 heterocycles. The maximum absolute atomic E-state index is 12.8. The van der Waals surface area contributed by atoms with E-state index in [0.29, 0.717) is 6.61 Å². The average molecular weight is 793 g/mol. The highest BCUT2D eigenvalue weighted by molar-refractivity contribution is 5.98. The third kappa shape index (κ3) is 13.7. The first-order chi connectivity index (χ1) is 28.9. The molecule has 0 spiro atoms. The van der Waals surface area contributed by atoms with Gasteiger partial charge >= 0.3 is 6.09 Å². The zero-order chi connectivity index (χ0) is 41.1. The van der Waals surface area contributed by atoms with Gasteiger partial charge in [0.1, 0.15) is 25.0 Å². The molecule has 1 amide bonds. The SMILES string of the molecule is CC/C(=C(\c1ccccc1)c1ccc(OCC[N+](C)(C)CCCCCCCCCN2CCC(OC(=O)Nc3ccccc3-c3ccccc3)CC2)cc1)c1ccccc1. The molecule has 5 aromatic rings. The maximum atomic E-state index is 12.8. The van der Waals surface area contributed by atoms with Crippen molar-refractivity contribution in [2.75, 3.05) is 58.7 Å². The van der Waals surface area contributed by atoms with Crippen molar-refractivity contribution in [1.29, 1.82) is 0 Å². The van der Waals surface area contributed by atoms with Crippen molar-refractivity contribution in [2.24, 2.45) is 0 Å². The van der Waals surface area contributed by atoms with E-state index in [4.69, 9.17) is 9.47 Å². The van der Waals surface area contributed by atoms with Crippen LogP contribution in [-0.2, 0) is 4.74 Å². The number of ether oxygens (including phenoxy) is 2. The number of anilines is 1. The number of amides is 1. The monoisotopic (exact) mass is 793 g/mol. The maximum Gasteiger partial charge on any atom is 0.411 e. The Morgan fingerprint density at radius 3 is 1.86 bits per heavy atom. The van der Waals surface area contributed by atoms with Crippen LogP contribution < -0.4 is 10.1 Å². The molecular weight excluding hydrogens is 727 g/mol. The molecule has 6 rings (SSSR count). The fourth-order valence-electron chi connectivity index (χ4n) is 8.29. The van der Waals surface area contributed by atoms with Gasteiger partial charge in [-0.1, -0.05) is 154 Å². The Morgan fingerprint density at radius 2 is 1.20 bits per heavy atom. The van der Waals surface area contributed by atoms with E-state index in [1.165, 1.54) is 79.3 Å². The van der Waals surface area contributed by atoms with Crippen LogP contribution in [0.1, 0.15) is 87.8 Å². The van der Waals surface area contributed by atoms with E-state index >= 15 is 0 Å². The number of benzene rings is 5. The second-order valence-corrected chi connectivity index (χ2v) is 16.7. The Morgan fingerprint density at radius 1 is 0.644 bits per heavy atom. The number of hydrogen-bond donors (Lipinski definition) is 1. The lowest BCUT2D eigenvalue weighted by Crippen LogP contribution is -2.43. The minimum absolute atomic E-state index is 0.0274. The first kappa shape index (κ1) is 43.4. The zero-order valence-corrected chi connectivity index (χ0v) is 35.8. The molecule has 6 heteroatoms. The molecular formula is C53H66N3O3+. The number of nitrogens with one attached hydrogen (secondary N) is 1. The van der Waals surface area contributed by atoms with E-state index in [1.54, 1.807) is 0 Å². The molecule has 0 atom stereocenters. The zero-order valence-electron chi connectivity index (χ0n) is 35.8. The summed E-state index contributed by atoms with van der Waals surface area (Å²) in [5.74, 6) is 0.930. The van der Waals surface area contributed by atoms with E-state index in [9.17, 15) is 4.79 Å². The van der Waals surface area contributed by atoms with Crippen LogP contribution in [0.2, 0.25) is 0 Å². The van der Waals surface area contributed by atoms with Gasteiger partial charge in [0.2, 0.25) is 0 Å². The Bertz CT molecular complexity index is 2000. The number of nitrogens with zero attached hydrogens (tertiary/aromatic N) is 2. The van der Waals surface area contributed by atoms with Crippen molar-refractivity contribution in [3.05, 3.63) is 156 Å². The molecule has 0 bridgehead atoms. The minimum atomic E-state index is -0.364. The van der Waals surface area contributed by atoms with E-state index in [2.05, 4.69) is 128 Å². The normalized spacial score (nSPS) is 14.1. The van der Waals surface area contributed by atoms with Gasteiger partial charge in [-0.15, -0.1) is 0 Å². The van der Waals surface area contributed by atoms with Gasteiger partial charge in [-0.2, -0.15) is 0 Å². The van der Waals surface area contributed by atoms with Crippen LogP contribution >= 0.6 is 0 Å². The number of piperidine rings is 1. The molecule has 6 nitrogen and oxygen atoms in total. The molecule has 0 aliphatic carbocycles. The number of carbonyl (C=O) groups excluding carboxylic acids is 1. The lowest BCUT2D eigenvalue weighted by molar-refractivity contribution is -0.890. The summed E-state index contributed by atoms with van der Waals surface area (Å²) in [6.45, 7) is 8.24. The van der Waals surface area contributed by atoms with Crippen LogP contribution in [0.5, 0.6) is 5.75 Å². The van der Waals surface area contributed by atoms with Crippen LogP contribution in [0.3, 0.4) is 0 Å². The number of allylic oxidation sites excluding steroid dienone is 1. The number of rotatable bonds is 21. The lowest BCUT2D eigenvalue weighted by atomic mass is 9.88. The van der Waals surface area contributed by atoms with Crippen LogP contribution in [-0.4, -0.2) is 75.0 Å². The molecule has 59 heavy (non-hydrogen) atoms. The molecule has 0 aromatic heterocycles. The van der Waals surface area contributed by atoms with Crippen LogP contribution in [0.25, 0.3) is 22.3 Å². The second-order valence-electron chi connectivity index (χ2n) is 16.7. The molecule has 1 fully saturated rings.